The van der Waals surface area contributed by atoms with E-state index < -0.39 is 0 Å². The van der Waals surface area contributed by atoms with Crippen molar-refractivity contribution in [1.29, 1.82) is 0 Å². The number of hydrogen-bond donors (Lipinski definition) is 1. The summed E-state index contributed by atoms with van der Waals surface area (Å²) in [6.45, 7) is 6.57. The molecule has 0 fully saturated rings. The molecule has 0 radical (unpaired) electrons. The van der Waals surface area contributed by atoms with Crippen LogP contribution in [0.4, 0.5) is 10.1 Å². The van der Waals surface area contributed by atoms with Crippen LogP contribution < -0.4 is 10.2 Å². The molecule has 1 aromatic heterocycles. The van der Waals surface area contributed by atoms with Gasteiger partial charge in [-0.3, -0.25) is 0 Å². The van der Waals surface area contributed by atoms with Gasteiger partial charge in [0.05, 0.1) is 17.7 Å². The summed E-state index contributed by atoms with van der Waals surface area (Å²) in [6, 6.07) is 5.00. The molecule has 114 valence electrons. The normalized spacial score (nSPS) is 10.9. The molecule has 2 aromatic rings. The molecule has 0 saturated heterocycles. The van der Waals surface area contributed by atoms with Gasteiger partial charge in [-0.1, -0.05) is 6.92 Å². The van der Waals surface area contributed by atoms with E-state index in [1.54, 1.807) is 17.4 Å². The van der Waals surface area contributed by atoms with Crippen molar-refractivity contribution in [1.82, 2.24) is 10.3 Å². The molecule has 1 aromatic carbocycles. The van der Waals surface area contributed by atoms with E-state index in [1.807, 2.05) is 25.5 Å². The Kier molecular flexibility index (Phi) is 5.70. The smallest absolute Gasteiger partial charge is 0.123 e. The molecule has 0 spiro atoms. The Balaban J connectivity index is 2.15. The summed E-state index contributed by atoms with van der Waals surface area (Å²) in [6.07, 6.45) is 1.07. The largest absolute Gasteiger partial charge is 0.369 e. The number of anilines is 1. The molecule has 0 aliphatic heterocycles. The minimum atomic E-state index is -0.186. The van der Waals surface area contributed by atoms with Crippen LogP contribution in [0.5, 0.6) is 0 Å². The van der Waals surface area contributed by atoms with Gasteiger partial charge >= 0.3 is 0 Å². The fraction of sp³-hybridized carbons (Fsp3) is 0.438. The van der Waals surface area contributed by atoms with Gasteiger partial charge in [-0.25, -0.2) is 9.37 Å². The first-order valence-electron chi connectivity index (χ1n) is 7.21. The van der Waals surface area contributed by atoms with Gasteiger partial charge in [0.15, 0.2) is 0 Å². The van der Waals surface area contributed by atoms with Crippen molar-refractivity contribution in [3.63, 3.8) is 0 Å². The Hall–Kier alpha value is -1.46. The summed E-state index contributed by atoms with van der Waals surface area (Å²) >= 11 is 1.66. The van der Waals surface area contributed by atoms with Crippen molar-refractivity contribution in [3.05, 3.63) is 45.7 Å². The number of hydrogen-bond acceptors (Lipinski definition) is 4. The van der Waals surface area contributed by atoms with Gasteiger partial charge in [-0.2, -0.15) is 0 Å². The van der Waals surface area contributed by atoms with Crippen LogP contribution in [0.15, 0.2) is 23.7 Å². The number of aryl methyl sites for hydroxylation is 1. The first kappa shape index (κ1) is 15.9. The SMILES string of the molecule is CCCNCc1cc(F)ccc1N(C)Cc1scnc1C. The molecular weight excluding hydrogens is 285 g/mol. The van der Waals surface area contributed by atoms with Crippen LogP contribution in [-0.4, -0.2) is 18.6 Å². The van der Waals surface area contributed by atoms with E-state index in [1.165, 1.54) is 10.9 Å². The predicted octanol–water partition coefficient (Wildman–Crippen LogP) is 3.73. The van der Waals surface area contributed by atoms with Crippen LogP contribution in [0.2, 0.25) is 0 Å². The second kappa shape index (κ2) is 7.52. The van der Waals surface area contributed by atoms with Gasteiger partial charge in [0.1, 0.15) is 5.82 Å². The van der Waals surface area contributed by atoms with E-state index in [4.69, 9.17) is 0 Å². The molecule has 0 saturated carbocycles. The number of halogens is 1. The lowest BCUT2D eigenvalue weighted by Gasteiger charge is -2.22. The van der Waals surface area contributed by atoms with Crippen LogP contribution in [0.3, 0.4) is 0 Å². The minimum absolute atomic E-state index is 0.186. The standard InChI is InChI=1S/C16H22FN3S/c1-4-7-18-9-13-8-14(17)5-6-15(13)20(3)10-16-12(2)19-11-21-16/h5-6,8,11,18H,4,7,9-10H2,1-3H3. The third kappa shape index (κ3) is 4.25. The van der Waals surface area contributed by atoms with Gasteiger partial charge in [0.2, 0.25) is 0 Å². The van der Waals surface area contributed by atoms with Gasteiger partial charge in [-0.15, -0.1) is 11.3 Å². The molecule has 0 aliphatic carbocycles. The summed E-state index contributed by atoms with van der Waals surface area (Å²) in [5.41, 5.74) is 4.99. The molecule has 5 heteroatoms. The first-order valence-corrected chi connectivity index (χ1v) is 8.09. The predicted molar refractivity (Wildman–Crippen MR) is 87.4 cm³/mol. The zero-order valence-electron chi connectivity index (χ0n) is 12.8. The molecule has 0 atom stereocenters. The second-order valence-electron chi connectivity index (χ2n) is 5.17. The van der Waals surface area contributed by atoms with Gasteiger partial charge in [0, 0.05) is 24.2 Å². The summed E-state index contributed by atoms with van der Waals surface area (Å²) < 4.78 is 13.5. The van der Waals surface area contributed by atoms with Crippen molar-refractivity contribution >= 4 is 17.0 Å². The molecule has 1 heterocycles. The highest BCUT2D eigenvalue weighted by atomic mass is 32.1. The van der Waals surface area contributed by atoms with Gasteiger partial charge in [0.25, 0.3) is 0 Å². The molecule has 0 unspecified atom stereocenters. The first-order chi connectivity index (χ1) is 10.1. The zero-order chi connectivity index (χ0) is 15.2. The topological polar surface area (TPSA) is 28.2 Å². The summed E-state index contributed by atoms with van der Waals surface area (Å²) in [5.74, 6) is -0.186. The number of nitrogens with zero attached hydrogens (tertiary/aromatic N) is 2. The zero-order valence-corrected chi connectivity index (χ0v) is 13.6. The van der Waals surface area contributed by atoms with E-state index in [0.29, 0.717) is 6.54 Å². The number of aromatic nitrogens is 1. The molecule has 0 aliphatic rings. The molecule has 0 bridgehead atoms. The highest BCUT2D eigenvalue weighted by molar-refractivity contribution is 7.09. The fourth-order valence-electron chi connectivity index (χ4n) is 2.25. The van der Waals surface area contributed by atoms with Crippen molar-refractivity contribution in [3.8, 4) is 0 Å². The summed E-state index contributed by atoms with van der Waals surface area (Å²) in [4.78, 5) is 7.68. The lowest BCUT2D eigenvalue weighted by atomic mass is 10.1. The van der Waals surface area contributed by atoms with Crippen molar-refractivity contribution in [2.24, 2.45) is 0 Å². The average molecular weight is 307 g/mol. The van der Waals surface area contributed by atoms with E-state index in [9.17, 15) is 4.39 Å². The van der Waals surface area contributed by atoms with E-state index >= 15 is 0 Å². The average Bonchev–Trinajstić information content (AvgIpc) is 2.84. The second-order valence-corrected chi connectivity index (χ2v) is 6.11. The lowest BCUT2D eigenvalue weighted by molar-refractivity contribution is 0.618. The number of nitrogens with one attached hydrogen (secondary N) is 1. The maximum atomic E-state index is 13.5. The molecule has 1 N–H and O–H groups in total. The number of thiazole rings is 1. The maximum absolute atomic E-state index is 13.5. The van der Waals surface area contributed by atoms with Crippen molar-refractivity contribution in [2.75, 3.05) is 18.5 Å². The summed E-state index contributed by atoms with van der Waals surface area (Å²) in [7, 11) is 2.04. The fourth-order valence-corrected chi connectivity index (χ4v) is 3.08. The monoisotopic (exact) mass is 307 g/mol. The maximum Gasteiger partial charge on any atom is 0.123 e. The highest BCUT2D eigenvalue weighted by Gasteiger charge is 2.11. The van der Waals surface area contributed by atoms with Crippen LogP contribution in [0.25, 0.3) is 0 Å². The Morgan fingerprint density at radius 2 is 2.19 bits per heavy atom. The molecular formula is C16H22FN3S. The van der Waals surface area contributed by atoms with Crippen LogP contribution >= 0.6 is 11.3 Å². The van der Waals surface area contributed by atoms with Gasteiger partial charge < -0.3 is 10.2 Å². The Morgan fingerprint density at radius 1 is 1.38 bits per heavy atom. The van der Waals surface area contributed by atoms with Crippen LogP contribution in [0.1, 0.15) is 29.5 Å². The van der Waals surface area contributed by atoms with E-state index in [0.717, 1.165) is 36.5 Å². The Bertz CT molecular complexity index is 583. The van der Waals surface area contributed by atoms with Crippen molar-refractivity contribution < 1.29 is 4.39 Å². The molecule has 3 nitrogen and oxygen atoms in total. The number of rotatable bonds is 7. The van der Waals surface area contributed by atoms with Crippen LogP contribution in [-0.2, 0) is 13.1 Å². The quantitative estimate of drug-likeness (QED) is 0.790. The third-order valence-corrected chi connectivity index (χ3v) is 4.34. The third-order valence-electron chi connectivity index (χ3n) is 3.42. The Morgan fingerprint density at radius 3 is 2.86 bits per heavy atom. The number of benzene rings is 1. The van der Waals surface area contributed by atoms with E-state index in [2.05, 4.69) is 22.1 Å². The Labute approximate surface area is 129 Å². The highest BCUT2D eigenvalue weighted by Crippen LogP contribution is 2.24. The van der Waals surface area contributed by atoms with Crippen LogP contribution in [0, 0.1) is 12.7 Å². The molecule has 2 rings (SSSR count). The minimum Gasteiger partial charge on any atom is -0.369 e. The molecule has 21 heavy (non-hydrogen) atoms. The lowest BCUT2D eigenvalue weighted by Crippen LogP contribution is -2.21. The summed E-state index contributed by atoms with van der Waals surface area (Å²) in [5, 5.41) is 3.34. The van der Waals surface area contributed by atoms with E-state index in [-0.39, 0.29) is 5.82 Å². The molecule has 0 amide bonds. The van der Waals surface area contributed by atoms with Crippen molar-refractivity contribution in [2.45, 2.75) is 33.4 Å². The van der Waals surface area contributed by atoms with Gasteiger partial charge in [-0.05, 0) is 43.7 Å².